The van der Waals surface area contributed by atoms with Crippen molar-refractivity contribution < 1.29 is 0 Å². The number of benzene rings is 1. The summed E-state index contributed by atoms with van der Waals surface area (Å²) >= 11 is 7.27. The van der Waals surface area contributed by atoms with E-state index in [1.54, 1.807) is 11.8 Å². The van der Waals surface area contributed by atoms with Gasteiger partial charge in [-0.3, -0.25) is 0 Å². The van der Waals surface area contributed by atoms with E-state index in [0.717, 1.165) is 4.71 Å². The van der Waals surface area contributed by atoms with Crippen molar-refractivity contribution in [1.29, 1.82) is 0 Å². The van der Waals surface area contributed by atoms with Gasteiger partial charge in [0.05, 0.1) is 0 Å². The molecule has 1 aromatic carbocycles. The molecule has 0 aliphatic carbocycles. The van der Waals surface area contributed by atoms with E-state index in [1.807, 2.05) is 37.3 Å². The lowest BCUT2D eigenvalue weighted by Gasteiger charge is -1.99. The average molecular weight is 172 g/mol. The highest BCUT2D eigenvalue weighted by molar-refractivity contribution is 8.03. The van der Waals surface area contributed by atoms with E-state index in [0.29, 0.717) is 0 Å². The lowest BCUT2D eigenvalue weighted by atomic mass is 10.4. The summed E-state index contributed by atoms with van der Waals surface area (Å²) < 4.78 is 0.853. The molecule has 0 unspecified atom stereocenters. The minimum atomic E-state index is 0.853. The highest BCUT2D eigenvalue weighted by Gasteiger charge is 1.97. The fourth-order valence-corrected chi connectivity index (χ4v) is 1.54. The first-order valence-corrected chi connectivity index (χ1v) is 4.20. The predicted octanol–water partition coefficient (Wildman–Crippen LogP) is 3.53. The molecule has 2 heteroatoms. The lowest BCUT2D eigenvalue weighted by Crippen LogP contribution is -1.71. The topological polar surface area (TPSA) is 0 Å². The molecule has 0 bridgehead atoms. The molecule has 53 valence electrons. The fourth-order valence-electron chi connectivity index (χ4n) is 0.651. The van der Waals surface area contributed by atoms with Gasteiger partial charge in [-0.15, -0.1) is 23.4 Å². The fraction of sp³-hybridized carbons (Fsp3) is 0.125. The largest absolute Gasteiger partial charge is 0.120 e. The summed E-state index contributed by atoms with van der Waals surface area (Å²) in [6.45, 7) is 1.89. The van der Waals surface area contributed by atoms with Crippen LogP contribution in [0, 0.1) is 4.71 Å². The highest BCUT2D eigenvalue weighted by atomic mass is 35.5. The van der Waals surface area contributed by atoms with Crippen LogP contribution in [0.1, 0.15) is 6.92 Å². The molecule has 0 N–H and O–H groups in total. The second-order valence-electron chi connectivity index (χ2n) is 1.89. The van der Waals surface area contributed by atoms with E-state index < -0.39 is 0 Å². The molecule has 0 aliphatic rings. The van der Waals surface area contributed by atoms with Gasteiger partial charge >= 0.3 is 0 Å². The van der Waals surface area contributed by atoms with Gasteiger partial charge in [0, 0.05) is 4.90 Å². The average Bonchev–Trinajstić information content (AvgIpc) is 1.88. The lowest BCUT2D eigenvalue weighted by molar-refractivity contribution is 1.45. The first-order valence-electron chi connectivity index (χ1n) is 3.01. The number of halogens is 1. The van der Waals surface area contributed by atoms with Crippen LogP contribution < -0.4 is 0 Å². The van der Waals surface area contributed by atoms with Crippen molar-refractivity contribution in [2.24, 2.45) is 0 Å². The molecule has 0 saturated carbocycles. The molecule has 0 amide bonds. The molecule has 0 heterocycles. The summed E-state index contributed by atoms with van der Waals surface area (Å²) in [5.41, 5.74) is 0. The Hall–Kier alpha value is -0.140. The Morgan fingerprint density at radius 3 is 2.40 bits per heavy atom. The zero-order chi connectivity index (χ0) is 7.40. The monoisotopic (exact) mass is 171 g/mol. The van der Waals surface area contributed by atoms with Gasteiger partial charge in [0.2, 0.25) is 0 Å². The van der Waals surface area contributed by atoms with Crippen molar-refractivity contribution in [2.45, 2.75) is 11.8 Å². The molecule has 1 rings (SSSR count). The Morgan fingerprint density at radius 2 is 1.90 bits per heavy atom. The highest BCUT2D eigenvalue weighted by Crippen LogP contribution is 2.30. The summed E-state index contributed by atoms with van der Waals surface area (Å²) in [6.07, 6.45) is 0. The molecule has 10 heavy (non-hydrogen) atoms. The molecule has 0 aliphatic heterocycles. The van der Waals surface area contributed by atoms with Crippen molar-refractivity contribution in [2.75, 3.05) is 0 Å². The maximum atomic E-state index is 5.69. The SMILES string of the molecule is C[C](Cl)Sc1ccccc1. The van der Waals surface area contributed by atoms with Crippen molar-refractivity contribution >= 4 is 23.4 Å². The summed E-state index contributed by atoms with van der Waals surface area (Å²) in [5, 5.41) is 0. The Kier molecular flexibility index (Phi) is 3.10. The van der Waals surface area contributed by atoms with Crippen LogP contribution in [0.5, 0.6) is 0 Å². The van der Waals surface area contributed by atoms with Crippen LogP contribution in [0.15, 0.2) is 35.2 Å². The standard InChI is InChI=1S/C8H8ClS/c1-7(9)10-8-5-3-2-4-6-8/h2-6H,1H3. The molecule has 0 nitrogen and oxygen atoms in total. The Balaban J connectivity index is 2.59. The van der Waals surface area contributed by atoms with Crippen LogP contribution in [0.3, 0.4) is 0 Å². The third-order valence-electron chi connectivity index (χ3n) is 1.00. The first-order chi connectivity index (χ1) is 4.79. The van der Waals surface area contributed by atoms with Crippen molar-refractivity contribution in [1.82, 2.24) is 0 Å². The summed E-state index contributed by atoms with van der Waals surface area (Å²) in [4.78, 5) is 1.19. The van der Waals surface area contributed by atoms with Gasteiger partial charge in [-0.05, 0) is 19.1 Å². The van der Waals surface area contributed by atoms with Crippen molar-refractivity contribution in [3.8, 4) is 0 Å². The Labute approximate surface area is 70.6 Å². The van der Waals surface area contributed by atoms with Crippen LogP contribution in [0.25, 0.3) is 0 Å². The smallest absolute Gasteiger partial charge is 0.104 e. The van der Waals surface area contributed by atoms with Crippen LogP contribution in [-0.2, 0) is 0 Å². The molecule has 1 radical (unpaired) electrons. The minimum Gasteiger partial charge on any atom is -0.104 e. The normalized spacial score (nSPS) is 10.3. The van der Waals surface area contributed by atoms with Crippen LogP contribution in [0.2, 0.25) is 0 Å². The summed E-state index contributed by atoms with van der Waals surface area (Å²) in [6, 6.07) is 10.1. The van der Waals surface area contributed by atoms with Crippen molar-refractivity contribution in [3.63, 3.8) is 0 Å². The van der Waals surface area contributed by atoms with Crippen LogP contribution in [0.4, 0.5) is 0 Å². The second kappa shape index (κ2) is 3.89. The molecular weight excluding hydrogens is 164 g/mol. The first kappa shape index (κ1) is 7.96. The number of hydrogen-bond acceptors (Lipinski definition) is 1. The summed E-state index contributed by atoms with van der Waals surface area (Å²) in [5.74, 6) is 0. The second-order valence-corrected chi connectivity index (χ2v) is 3.96. The van der Waals surface area contributed by atoms with E-state index in [2.05, 4.69) is 0 Å². The zero-order valence-electron chi connectivity index (χ0n) is 5.67. The predicted molar refractivity (Wildman–Crippen MR) is 47.1 cm³/mol. The van der Waals surface area contributed by atoms with Gasteiger partial charge < -0.3 is 0 Å². The molecule has 0 spiro atoms. The van der Waals surface area contributed by atoms with E-state index in [1.165, 1.54) is 4.90 Å². The van der Waals surface area contributed by atoms with Gasteiger partial charge in [-0.2, -0.15) is 0 Å². The Morgan fingerprint density at radius 1 is 1.30 bits per heavy atom. The van der Waals surface area contributed by atoms with Gasteiger partial charge in [0.15, 0.2) is 0 Å². The van der Waals surface area contributed by atoms with E-state index in [9.17, 15) is 0 Å². The van der Waals surface area contributed by atoms with Crippen molar-refractivity contribution in [3.05, 3.63) is 35.0 Å². The maximum Gasteiger partial charge on any atom is 0.120 e. The minimum absolute atomic E-state index is 0.853. The number of rotatable bonds is 2. The van der Waals surface area contributed by atoms with Gasteiger partial charge in [-0.25, -0.2) is 0 Å². The van der Waals surface area contributed by atoms with E-state index in [4.69, 9.17) is 11.6 Å². The van der Waals surface area contributed by atoms with Gasteiger partial charge in [0.25, 0.3) is 0 Å². The third kappa shape index (κ3) is 2.63. The Bertz CT molecular complexity index is 184. The molecule has 0 saturated heterocycles. The van der Waals surface area contributed by atoms with Gasteiger partial charge in [0.1, 0.15) is 4.71 Å². The van der Waals surface area contributed by atoms with E-state index >= 15 is 0 Å². The van der Waals surface area contributed by atoms with Gasteiger partial charge in [-0.1, -0.05) is 18.2 Å². The van der Waals surface area contributed by atoms with Crippen LogP contribution in [-0.4, -0.2) is 0 Å². The molecule has 0 fully saturated rings. The number of hydrogen-bond donors (Lipinski definition) is 0. The zero-order valence-corrected chi connectivity index (χ0v) is 7.25. The van der Waals surface area contributed by atoms with Crippen LogP contribution >= 0.6 is 23.4 Å². The molecule has 0 atom stereocenters. The third-order valence-corrected chi connectivity index (χ3v) is 2.02. The quantitative estimate of drug-likeness (QED) is 0.614. The molecular formula is C8H8ClS. The summed E-state index contributed by atoms with van der Waals surface area (Å²) in [7, 11) is 0. The number of thioether (sulfide) groups is 1. The molecule has 1 aromatic rings. The maximum absolute atomic E-state index is 5.69. The van der Waals surface area contributed by atoms with E-state index in [-0.39, 0.29) is 0 Å². The molecule has 0 aromatic heterocycles.